The van der Waals surface area contributed by atoms with E-state index in [9.17, 15) is 4.79 Å². The van der Waals surface area contributed by atoms with Crippen LogP contribution in [0.4, 0.5) is 0 Å². The Bertz CT molecular complexity index is 282. The minimum Gasteiger partial charge on any atom is -0.353 e. The number of rotatable bonds is 4. The maximum absolute atomic E-state index is 12.0. The highest BCUT2D eigenvalue weighted by molar-refractivity contribution is 5.85. The number of carbonyl (C=O) groups is 1. The molecule has 118 valence electrons. The lowest BCUT2D eigenvalue weighted by molar-refractivity contribution is -0.122. The van der Waals surface area contributed by atoms with Crippen LogP contribution in [0.3, 0.4) is 0 Å². The molecule has 0 bridgehead atoms. The molecule has 2 fully saturated rings. The van der Waals surface area contributed by atoms with Gasteiger partial charge >= 0.3 is 0 Å². The molecule has 1 saturated heterocycles. The van der Waals surface area contributed by atoms with Gasteiger partial charge in [0.05, 0.1) is 0 Å². The summed E-state index contributed by atoms with van der Waals surface area (Å²) in [6, 6.07) is 0.430. The average molecular weight is 303 g/mol. The molecule has 0 radical (unpaired) electrons. The van der Waals surface area contributed by atoms with Crippen LogP contribution in [0.1, 0.15) is 58.8 Å². The lowest BCUT2D eigenvalue weighted by Gasteiger charge is -2.32. The molecule has 20 heavy (non-hydrogen) atoms. The summed E-state index contributed by atoms with van der Waals surface area (Å²) >= 11 is 0. The Morgan fingerprint density at radius 2 is 1.70 bits per heavy atom. The van der Waals surface area contributed by atoms with Crippen molar-refractivity contribution < 1.29 is 4.79 Å². The number of piperidine rings is 1. The molecule has 1 aliphatic heterocycles. The van der Waals surface area contributed by atoms with Crippen molar-refractivity contribution in [1.29, 1.82) is 0 Å². The highest BCUT2D eigenvalue weighted by Crippen LogP contribution is 2.28. The second-order valence-corrected chi connectivity index (χ2v) is 6.91. The van der Waals surface area contributed by atoms with Crippen LogP contribution in [0.25, 0.3) is 0 Å². The minimum absolute atomic E-state index is 0. The zero-order valence-electron chi connectivity index (χ0n) is 13.0. The van der Waals surface area contributed by atoms with E-state index >= 15 is 0 Å². The molecule has 2 N–H and O–H groups in total. The largest absolute Gasteiger partial charge is 0.353 e. The van der Waals surface area contributed by atoms with E-state index in [-0.39, 0.29) is 18.3 Å². The maximum Gasteiger partial charge on any atom is 0.220 e. The highest BCUT2D eigenvalue weighted by Gasteiger charge is 2.25. The van der Waals surface area contributed by atoms with Crippen molar-refractivity contribution in [3.05, 3.63) is 0 Å². The van der Waals surface area contributed by atoms with E-state index < -0.39 is 0 Å². The molecule has 2 aliphatic rings. The molecule has 0 aromatic carbocycles. The number of nitrogens with one attached hydrogen (secondary N) is 2. The Balaban J connectivity index is 0.00000200. The normalized spacial score (nSPS) is 31.4. The summed E-state index contributed by atoms with van der Waals surface area (Å²) in [4.78, 5) is 12.0. The van der Waals surface area contributed by atoms with E-state index in [1.54, 1.807) is 0 Å². The minimum atomic E-state index is 0. The molecule has 1 aliphatic carbocycles. The number of carbonyl (C=O) groups excluding carboxylic acids is 1. The van der Waals surface area contributed by atoms with Gasteiger partial charge in [0.2, 0.25) is 5.91 Å². The zero-order chi connectivity index (χ0) is 13.7. The van der Waals surface area contributed by atoms with Crippen molar-refractivity contribution in [3.8, 4) is 0 Å². The quantitative estimate of drug-likeness (QED) is 0.838. The predicted molar refractivity (Wildman–Crippen MR) is 86.2 cm³/mol. The Morgan fingerprint density at radius 3 is 2.30 bits per heavy atom. The van der Waals surface area contributed by atoms with Crippen LogP contribution >= 0.6 is 12.4 Å². The molecule has 1 saturated carbocycles. The fraction of sp³-hybridized carbons (Fsp3) is 0.938. The first-order chi connectivity index (χ1) is 9.13. The molecule has 3 nitrogen and oxygen atoms in total. The van der Waals surface area contributed by atoms with Crippen LogP contribution < -0.4 is 10.6 Å². The average Bonchev–Trinajstić information content (AvgIpc) is 2.36. The molecule has 2 unspecified atom stereocenters. The molecular weight excluding hydrogens is 272 g/mol. The van der Waals surface area contributed by atoms with Crippen LogP contribution in [0.2, 0.25) is 0 Å². The van der Waals surface area contributed by atoms with Crippen molar-refractivity contribution in [2.24, 2.45) is 17.8 Å². The summed E-state index contributed by atoms with van der Waals surface area (Å²) < 4.78 is 0. The van der Waals surface area contributed by atoms with Crippen LogP contribution in [-0.4, -0.2) is 25.0 Å². The second-order valence-electron chi connectivity index (χ2n) is 6.91. The third-order valence-corrected chi connectivity index (χ3v) is 4.78. The van der Waals surface area contributed by atoms with Crippen LogP contribution in [0, 0.1) is 17.8 Å². The standard InChI is InChI=1S/C16H30N2O.ClH/c1-12-9-13(2)11-15(10-12)18-16(19)4-3-14-5-7-17-8-6-14;/h12-15,17H,3-11H2,1-2H3,(H,18,19);1H. The van der Waals surface area contributed by atoms with Gasteiger partial charge in [-0.3, -0.25) is 4.79 Å². The topological polar surface area (TPSA) is 41.1 Å². The Labute approximate surface area is 130 Å². The van der Waals surface area contributed by atoms with E-state index in [4.69, 9.17) is 0 Å². The van der Waals surface area contributed by atoms with Gasteiger partial charge in [0, 0.05) is 12.5 Å². The van der Waals surface area contributed by atoms with Gasteiger partial charge in [0.25, 0.3) is 0 Å². The third kappa shape index (κ3) is 6.01. The van der Waals surface area contributed by atoms with Gasteiger partial charge in [-0.25, -0.2) is 0 Å². The van der Waals surface area contributed by atoms with E-state index in [1.807, 2.05) is 0 Å². The van der Waals surface area contributed by atoms with Crippen LogP contribution in [0.15, 0.2) is 0 Å². The lowest BCUT2D eigenvalue weighted by Crippen LogP contribution is -2.40. The highest BCUT2D eigenvalue weighted by atomic mass is 35.5. The summed E-state index contributed by atoms with van der Waals surface area (Å²) in [6.07, 6.45) is 7.94. The SMILES string of the molecule is CC1CC(C)CC(NC(=O)CCC2CCNCC2)C1.Cl. The summed E-state index contributed by atoms with van der Waals surface area (Å²) in [5.74, 6) is 2.57. The number of halogens is 1. The molecule has 4 heteroatoms. The molecule has 2 atom stereocenters. The van der Waals surface area contributed by atoms with Crippen LogP contribution in [0.5, 0.6) is 0 Å². The summed E-state index contributed by atoms with van der Waals surface area (Å²) in [6.45, 7) is 6.88. The molecule has 2 rings (SSSR count). The van der Waals surface area contributed by atoms with Gasteiger partial charge in [-0.2, -0.15) is 0 Å². The van der Waals surface area contributed by atoms with Crippen LogP contribution in [-0.2, 0) is 4.79 Å². The van der Waals surface area contributed by atoms with E-state index in [0.29, 0.717) is 6.04 Å². The molecule has 0 aromatic rings. The van der Waals surface area contributed by atoms with Gasteiger partial charge in [0.1, 0.15) is 0 Å². The Morgan fingerprint density at radius 1 is 1.10 bits per heavy atom. The fourth-order valence-corrected chi connectivity index (χ4v) is 3.87. The second kappa shape index (κ2) is 8.89. The van der Waals surface area contributed by atoms with E-state index in [0.717, 1.165) is 43.7 Å². The monoisotopic (exact) mass is 302 g/mol. The summed E-state index contributed by atoms with van der Waals surface area (Å²) in [5, 5.41) is 6.64. The Hall–Kier alpha value is -0.280. The predicted octanol–water partition coefficient (Wildman–Crippen LogP) is 3.13. The molecular formula is C16H31ClN2O. The van der Waals surface area contributed by atoms with Crippen molar-refractivity contribution in [2.45, 2.75) is 64.8 Å². The number of hydrogen-bond acceptors (Lipinski definition) is 2. The van der Waals surface area contributed by atoms with E-state index in [2.05, 4.69) is 24.5 Å². The Kier molecular flexibility index (Phi) is 7.90. The van der Waals surface area contributed by atoms with Gasteiger partial charge in [-0.1, -0.05) is 13.8 Å². The molecule has 1 heterocycles. The lowest BCUT2D eigenvalue weighted by atomic mass is 9.80. The molecule has 1 amide bonds. The maximum atomic E-state index is 12.0. The van der Waals surface area contributed by atoms with Crippen molar-refractivity contribution in [2.75, 3.05) is 13.1 Å². The van der Waals surface area contributed by atoms with Crippen molar-refractivity contribution in [1.82, 2.24) is 10.6 Å². The summed E-state index contributed by atoms with van der Waals surface area (Å²) in [7, 11) is 0. The van der Waals surface area contributed by atoms with Gasteiger partial charge in [-0.05, 0) is 69.4 Å². The van der Waals surface area contributed by atoms with Gasteiger partial charge < -0.3 is 10.6 Å². The first kappa shape index (κ1) is 17.8. The van der Waals surface area contributed by atoms with Gasteiger partial charge in [-0.15, -0.1) is 12.4 Å². The van der Waals surface area contributed by atoms with E-state index in [1.165, 1.54) is 32.1 Å². The zero-order valence-corrected chi connectivity index (χ0v) is 13.8. The van der Waals surface area contributed by atoms with Gasteiger partial charge in [0.15, 0.2) is 0 Å². The molecule has 0 spiro atoms. The first-order valence-electron chi connectivity index (χ1n) is 8.13. The molecule has 0 aromatic heterocycles. The number of hydrogen-bond donors (Lipinski definition) is 2. The fourth-order valence-electron chi connectivity index (χ4n) is 3.87. The summed E-state index contributed by atoms with van der Waals surface area (Å²) in [5.41, 5.74) is 0. The third-order valence-electron chi connectivity index (χ3n) is 4.78. The smallest absolute Gasteiger partial charge is 0.220 e. The van der Waals surface area contributed by atoms with Crippen molar-refractivity contribution in [3.63, 3.8) is 0 Å². The first-order valence-corrected chi connectivity index (χ1v) is 8.13. The van der Waals surface area contributed by atoms with Crippen molar-refractivity contribution >= 4 is 18.3 Å². The number of amides is 1.